The number of esters is 2. The summed E-state index contributed by atoms with van der Waals surface area (Å²) in [5.74, 6) is 0.555. The number of thiazole rings is 1. The summed E-state index contributed by atoms with van der Waals surface area (Å²) < 4.78 is 29.0. The van der Waals surface area contributed by atoms with Gasteiger partial charge in [-0.05, 0) is 62.2 Å². The van der Waals surface area contributed by atoms with E-state index in [1.807, 2.05) is 6.07 Å². The minimum absolute atomic E-state index is 0.154. The van der Waals surface area contributed by atoms with Crippen LogP contribution in [0.1, 0.15) is 44.9 Å². The fourth-order valence-electron chi connectivity index (χ4n) is 4.40. The lowest BCUT2D eigenvalue weighted by Crippen LogP contribution is -2.40. The number of methoxy groups -OCH3 is 2. The van der Waals surface area contributed by atoms with Crippen LogP contribution in [0.2, 0.25) is 0 Å². The van der Waals surface area contributed by atoms with Crippen LogP contribution in [-0.4, -0.2) is 43.9 Å². The molecule has 4 rings (SSSR count). The molecule has 10 nitrogen and oxygen atoms in total. The summed E-state index contributed by atoms with van der Waals surface area (Å²) in [5, 5.41) is 0. The average Bonchev–Trinajstić information content (AvgIpc) is 3.22. The van der Waals surface area contributed by atoms with E-state index in [0.717, 1.165) is 5.56 Å². The highest BCUT2D eigenvalue weighted by Gasteiger charge is 2.34. The Labute approximate surface area is 234 Å². The van der Waals surface area contributed by atoms with Gasteiger partial charge in [-0.3, -0.25) is 14.2 Å². The quantitative estimate of drug-likeness (QED) is 0.287. The van der Waals surface area contributed by atoms with Gasteiger partial charge >= 0.3 is 11.9 Å². The van der Waals surface area contributed by atoms with Crippen LogP contribution in [0.5, 0.6) is 23.0 Å². The Morgan fingerprint density at radius 1 is 1.00 bits per heavy atom. The molecule has 3 aromatic rings. The van der Waals surface area contributed by atoms with Gasteiger partial charge < -0.3 is 23.7 Å². The smallest absolute Gasteiger partial charge is 0.338 e. The molecule has 1 aliphatic rings. The van der Waals surface area contributed by atoms with E-state index in [1.165, 1.54) is 22.8 Å². The first kappa shape index (κ1) is 28.6. The normalized spacial score (nSPS) is 14.8. The van der Waals surface area contributed by atoms with Crippen LogP contribution in [0.25, 0.3) is 6.08 Å². The van der Waals surface area contributed by atoms with Gasteiger partial charge in [-0.25, -0.2) is 9.79 Å². The Morgan fingerprint density at radius 3 is 2.38 bits per heavy atom. The minimum Gasteiger partial charge on any atom is -0.493 e. The molecule has 0 amide bonds. The summed E-state index contributed by atoms with van der Waals surface area (Å²) in [6.07, 6.45) is 1.74. The van der Waals surface area contributed by atoms with E-state index >= 15 is 0 Å². The molecule has 0 aliphatic carbocycles. The highest BCUT2D eigenvalue weighted by molar-refractivity contribution is 7.07. The number of benzene rings is 2. The molecule has 1 aliphatic heterocycles. The van der Waals surface area contributed by atoms with Gasteiger partial charge in [-0.1, -0.05) is 23.5 Å². The van der Waals surface area contributed by atoms with Gasteiger partial charge in [0.15, 0.2) is 27.8 Å². The topological polar surface area (TPSA) is 115 Å². The van der Waals surface area contributed by atoms with Crippen LogP contribution in [0, 0.1) is 0 Å². The number of rotatable bonds is 9. The van der Waals surface area contributed by atoms with Crippen molar-refractivity contribution in [3.63, 3.8) is 0 Å². The van der Waals surface area contributed by atoms with Crippen molar-refractivity contribution in [2.24, 2.45) is 4.99 Å². The van der Waals surface area contributed by atoms with E-state index < -0.39 is 18.0 Å². The molecule has 1 atom stereocenters. The number of allylic oxidation sites excluding steroid dienone is 1. The minimum atomic E-state index is -0.853. The Bertz CT molecular complexity index is 1670. The third-order valence-electron chi connectivity index (χ3n) is 6.06. The number of hydrogen-bond donors (Lipinski definition) is 0. The largest absolute Gasteiger partial charge is 0.493 e. The number of hydrogen-bond acceptors (Lipinski definition) is 10. The first-order chi connectivity index (χ1) is 19.2. The molecule has 0 spiro atoms. The maximum absolute atomic E-state index is 13.9. The highest BCUT2D eigenvalue weighted by Crippen LogP contribution is 2.36. The van der Waals surface area contributed by atoms with E-state index in [4.69, 9.17) is 23.7 Å². The van der Waals surface area contributed by atoms with Crippen molar-refractivity contribution in [2.45, 2.75) is 33.7 Å². The summed E-state index contributed by atoms with van der Waals surface area (Å²) in [6.45, 7) is 6.98. The molecule has 0 saturated heterocycles. The maximum atomic E-state index is 13.9. The van der Waals surface area contributed by atoms with Crippen LogP contribution in [0.15, 0.2) is 57.5 Å². The Balaban J connectivity index is 1.94. The zero-order valence-corrected chi connectivity index (χ0v) is 23.9. The van der Waals surface area contributed by atoms with E-state index in [0.29, 0.717) is 44.4 Å². The molecule has 11 heteroatoms. The molecule has 0 saturated carbocycles. The average molecular weight is 567 g/mol. The third-order valence-corrected chi connectivity index (χ3v) is 7.04. The fourth-order valence-corrected chi connectivity index (χ4v) is 5.45. The SMILES string of the molecule is CCOC(=O)C1=C(C)N=c2s/c(=C/c3ccc(OC)c(OC)c3)c(=O)n2C1c1ccc(OC(C)=O)c(OCC)c1. The standard InChI is InChI=1S/C29H30N2O8S/c1-7-37-23-15-19(10-12-21(23)39-17(4)32)26-25(28(34)38-8-2)16(3)30-29-31(26)27(33)24(40-29)14-18-9-11-20(35-5)22(13-18)36-6/h9-15,26H,7-8H2,1-6H3/b24-14+. The van der Waals surface area contributed by atoms with Crippen molar-refractivity contribution in [3.8, 4) is 23.0 Å². The van der Waals surface area contributed by atoms with Gasteiger partial charge in [-0.2, -0.15) is 0 Å². The highest BCUT2D eigenvalue weighted by atomic mass is 32.1. The number of carbonyl (C=O) groups is 2. The van der Waals surface area contributed by atoms with Gasteiger partial charge in [0.2, 0.25) is 0 Å². The first-order valence-corrected chi connectivity index (χ1v) is 13.4. The van der Waals surface area contributed by atoms with Crippen molar-refractivity contribution in [1.29, 1.82) is 0 Å². The van der Waals surface area contributed by atoms with Crippen molar-refractivity contribution >= 4 is 29.4 Å². The van der Waals surface area contributed by atoms with Gasteiger partial charge in [0.1, 0.15) is 0 Å². The lowest BCUT2D eigenvalue weighted by Gasteiger charge is -2.25. The molecule has 2 aromatic carbocycles. The van der Waals surface area contributed by atoms with Crippen molar-refractivity contribution in [2.75, 3.05) is 27.4 Å². The van der Waals surface area contributed by atoms with Gasteiger partial charge in [0.25, 0.3) is 5.56 Å². The van der Waals surface area contributed by atoms with Crippen molar-refractivity contribution in [1.82, 2.24) is 4.57 Å². The molecular formula is C29H30N2O8S. The molecule has 0 radical (unpaired) electrons. The predicted octanol–water partition coefficient (Wildman–Crippen LogP) is 3.14. The Hall–Kier alpha value is -4.38. The molecular weight excluding hydrogens is 536 g/mol. The molecule has 2 heterocycles. The van der Waals surface area contributed by atoms with Gasteiger partial charge in [-0.15, -0.1) is 0 Å². The van der Waals surface area contributed by atoms with Crippen LogP contribution in [-0.2, 0) is 14.3 Å². The van der Waals surface area contributed by atoms with Crippen LogP contribution in [0.4, 0.5) is 0 Å². The number of fused-ring (bicyclic) bond motifs is 1. The number of carbonyl (C=O) groups excluding carboxylic acids is 2. The predicted molar refractivity (Wildman–Crippen MR) is 149 cm³/mol. The van der Waals surface area contributed by atoms with E-state index in [2.05, 4.69) is 4.99 Å². The summed E-state index contributed by atoms with van der Waals surface area (Å²) in [6, 6.07) is 9.42. The Morgan fingerprint density at radius 2 is 1.73 bits per heavy atom. The van der Waals surface area contributed by atoms with Gasteiger partial charge in [0, 0.05) is 6.92 Å². The monoisotopic (exact) mass is 566 g/mol. The first-order valence-electron chi connectivity index (χ1n) is 12.6. The molecule has 1 unspecified atom stereocenters. The maximum Gasteiger partial charge on any atom is 0.338 e. The zero-order chi connectivity index (χ0) is 29.0. The van der Waals surface area contributed by atoms with Crippen LogP contribution >= 0.6 is 11.3 Å². The second-order valence-electron chi connectivity index (χ2n) is 8.65. The number of nitrogens with zero attached hydrogens (tertiary/aromatic N) is 2. The lowest BCUT2D eigenvalue weighted by molar-refractivity contribution is -0.139. The van der Waals surface area contributed by atoms with E-state index in [9.17, 15) is 14.4 Å². The second-order valence-corrected chi connectivity index (χ2v) is 9.66. The molecule has 0 bridgehead atoms. The summed E-state index contributed by atoms with van der Waals surface area (Å²) in [5.41, 5.74) is 1.62. The van der Waals surface area contributed by atoms with Gasteiger partial charge in [0.05, 0.1) is 49.3 Å². The van der Waals surface area contributed by atoms with E-state index in [1.54, 1.807) is 71.4 Å². The molecule has 1 aromatic heterocycles. The second kappa shape index (κ2) is 12.2. The molecule has 210 valence electrons. The summed E-state index contributed by atoms with van der Waals surface area (Å²) >= 11 is 1.20. The summed E-state index contributed by atoms with van der Waals surface area (Å²) in [4.78, 5) is 43.7. The van der Waals surface area contributed by atoms with Crippen molar-refractivity contribution in [3.05, 3.63) is 78.5 Å². The lowest BCUT2D eigenvalue weighted by atomic mass is 9.95. The third kappa shape index (κ3) is 5.64. The van der Waals surface area contributed by atoms with Crippen molar-refractivity contribution < 1.29 is 33.3 Å². The zero-order valence-electron chi connectivity index (χ0n) is 23.1. The fraction of sp³-hybridized carbons (Fsp3) is 0.310. The molecule has 0 N–H and O–H groups in total. The number of aromatic nitrogens is 1. The molecule has 40 heavy (non-hydrogen) atoms. The van der Waals surface area contributed by atoms with Crippen LogP contribution in [0.3, 0.4) is 0 Å². The Kier molecular flexibility index (Phi) is 8.73. The number of ether oxygens (including phenoxy) is 5. The molecule has 0 fully saturated rings. The van der Waals surface area contributed by atoms with E-state index in [-0.39, 0.29) is 23.5 Å². The van der Waals surface area contributed by atoms with Crippen LogP contribution < -0.4 is 33.8 Å². The summed E-state index contributed by atoms with van der Waals surface area (Å²) in [7, 11) is 3.09.